The lowest BCUT2D eigenvalue weighted by Crippen LogP contribution is -2.45. The first-order valence-electron chi connectivity index (χ1n) is 17.1. The standard InChI is InChI=1S/C43H29NO8/c1-24(45)25-9-8-14-30(19-25)44-39(46)37-38(40(44)47)43(29-12-6-3-7-13-29)36(27-16-18-32-34(21-27)52-23-50-32)35(26-15-17-31-33(20-26)51-22-49-31)42(37,41(43)48)28-10-4-2-5-11-28/h2-21,37-38H,22-23H2,1H3/t37-,38-,42-,43-/m0/s1. The van der Waals surface area contributed by atoms with Crippen LogP contribution in [0, 0.1) is 11.8 Å². The Morgan fingerprint density at radius 1 is 0.577 bits per heavy atom. The van der Waals surface area contributed by atoms with Crippen LogP contribution in [-0.4, -0.2) is 37.0 Å². The lowest BCUT2D eigenvalue weighted by Gasteiger charge is -2.39. The van der Waals surface area contributed by atoms with Gasteiger partial charge in [0, 0.05) is 5.56 Å². The molecule has 0 aromatic heterocycles. The molecule has 1 saturated carbocycles. The molecule has 9 nitrogen and oxygen atoms in total. The monoisotopic (exact) mass is 687 g/mol. The van der Waals surface area contributed by atoms with Crippen LogP contribution < -0.4 is 23.8 Å². The summed E-state index contributed by atoms with van der Waals surface area (Å²) in [5, 5.41) is 0. The van der Waals surface area contributed by atoms with E-state index in [9.17, 15) is 4.79 Å². The minimum atomic E-state index is -1.62. The van der Waals surface area contributed by atoms with Gasteiger partial charge in [0.2, 0.25) is 25.4 Å². The highest BCUT2D eigenvalue weighted by Crippen LogP contribution is 2.74. The van der Waals surface area contributed by atoms with Crippen LogP contribution in [0.4, 0.5) is 5.69 Å². The van der Waals surface area contributed by atoms with Gasteiger partial charge in [-0.1, -0.05) is 84.9 Å². The fourth-order valence-corrected chi connectivity index (χ4v) is 9.35. The van der Waals surface area contributed by atoms with Gasteiger partial charge in [-0.2, -0.15) is 0 Å². The molecular weight excluding hydrogens is 658 g/mol. The molecule has 2 aliphatic carbocycles. The molecule has 0 spiro atoms. The highest BCUT2D eigenvalue weighted by molar-refractivity contribution is 6.39. The average molecular weight is 688 g/mol. The molecule has 5 aliphatic rings. The summed E-state index contributed by atoms with van der Waals surface area (Å²) >= 11 is 0. The van der Waals surface area contributed by atoms with Crippen molar-refractivity contribution in [2.24, 2.45) is 11.8 Å². The van der Waals surface area contributed by atoms with Crippen LogP contribution in [0.1, 0.15) is 39.5 Å². The van der Waals surface area contributed by atoms with E-state index in [4.69, 9.17) is 18.9 Å². The van der Waals surface area contributed by atoms with Crippen LogP contribution in [0.2, 0.25) is 0 Å². The molecular formula is C43H29NO8. The van der Waals surface area contributed by atoms with Crippen LogP contribution in [0.3, 0.4) is 0 Å². The van der Waals surface area contributed by atoms with E-state index < -0.39 is 34.5 Å². The van der Waals surface area contributed by atoms with E-state index in [0.717, 1.165) is 0 Å². The van der Waals surface area contributed by atoms with Gasteiger partial charge in [0.25, 0.3) is 0 Å². The number of ketones is 2. The first-order valence-corrected chi connectivity index (χ1v) is 17.1. The van der Waals surface area contributed by atoms with Crippen LogP contribution in [0.5, 0.6) is 23.0 Å². The third-order valence-electron chi connectivity index (χ3n) is 11.3. The Morgan fingerprint density at radius 3 is 1.54 bits per heavy atom. The van der Waals surface area contributed by atoms with Gasteiger partial charge < -0.3 is 18.9 Å². The van der Waals surface area contributed by atoms with E-state index in [2.05, 4.69) is 0 Å². The third-order valence-corrected chi connectivity index (χ3v) is 11.3. The molecule has 3 aliphatic heterocycles. The lowest BCUT2D eigenvalue weighted by molar-refractivity contribution is -0.130. The number of ether oxygens (including phenoxy) is 4. The molecule has 5 aromatic carbocycles. The van der Waals surface area contributed by atoms with Gasteiger partial charge in [0.1, 0.15) is 0 Å². The summed E-state index contributed by atoms with van der Waals surface area (Å²) in [6.45, 7) is 1.54. The number of rotatable bonds is 6. The summed E-state index contributed by atoms with van der Waals surface area (Å²) in [5.74, 6) is -1.58. The number of anilines is 1. The maximum Gasteiger partial charge on any atom is 0.239 e. The summed E-state index contributed by atoms with van der Waals surface area (Å²) in [5.41, 5.74) is 1.10. The van der Waals surface area contributed by atoms with Gasteiger partial charge in [-0.15, -0.1) is 0 Å². The van der Waals surface area contributed by atoms with Gasteiger partial charge in [0.05, 0.1) is 28.4 Å². The topological polar surface area (TPSA) is 108 Å². The second-order valence-corrected chi connectivity index (χ2v) is 13.6. The molecule has 2 amide bonds. The minimum absolute atomic E-state index is 0.0511. The summed E-state index contributed by atoms with van der Waals surface area (Å²) in [7, 11) is 0. The van der Waals surface area contributed by atoms with Crippen molar-refractivity contribution in [2.75, 3.05) is 18.5 Å². The number of hydrogen-bond donors (Lipinski definition) is 0. The lowest BCUT2D eigenvalue weighted by atomic mass is 9.59. The zero-order valence-electron chi connectivity index (χ0n) is 27.8. The van der Waals surface area contributed by atoms with Gasteiger partial charge in [-0.3, -0.25) is 19.2 Å². The molecule has 0 unspecified atom stereocenters. The van der Waals surface area contributed by atoms with Crippen molar-refractivity contribution in [2.45, 2.75) is 17.8 Å². The number of Topliss-reactive ketones (excluding diaryl/α,β-unsaturated/α-hetero) is 2. The maximum absolute atomic E-state index is 16.2. The van der Waals surface area contributed by atoms with Crippen molar-refractivity contribution in [3.05, 3.63) is 149 Å². The number of allylic oxidation sites excluding steroid dienone is 2. The Hall–Kier alpha value is -6.48. The predicted octanol–water partition coefficient (Wildman–Crippen LogP) is 6.54. The van der Waals surface area contributed by atoms with Crippen molar-refractivity contribution >= 4 is 40.2 Å². The number of fused-ring (bicyclic) bond motifs is 7. The Labute approximate surface area is 298 Å². The van der Waals surface area contributed by atoms with Crippen LogP contribution in [-0.2, 0) is 25.2 Å². The Balaban J connectivity index is 1.35. The van der Waals surface area contributed by atoms with Crippen LogP contribution in [0.15, 0.2) is 121 Å². The van der Waals surface area contributed by atoms with Crippen molar-refractivity contribution < 1.29 is 38.1 Å². The van der Waals surface area contributed by atoms with Crippen molar-refractivity contribution in [3.63, 3.8) is 0 Å². The number of carbonyl (C=O) groups is 4. The summed E-state index contributed by atoms with van der Waals surface area (Å²) < 4.78 is 23.1. The predicted molar refractivity (Wildman–Crippen MR) is 189 cm³/mol. The second-order valence-electron chi connectivity index (χ2n) is 13.6. The normalized spacial score (nSPS) is 24.9. The Morgan fingerprint density at radius 2 is 1.06 bits per heavy atom. The molecule has 9 heteroatoms. The maximum atomic E-state index is 16.2. The number of benzene rings is 5. The van der Waals surface area contributed by atoms with Gasteiger partial charge in [-0.25, -0.2) is 4.90 Å². The largest absolute Gasteiger partial charge is 0.454 e. The van der Waals surface area contributed by atoms with Crippen molar-refractivity contribution in [3.8, 4) is 23.0 Å². The van der Waals surface area contributed by atoms with E-state index in [1.54, 1.807) is 24.3 Å². The van der Waals surface area contributed by atoms with E-state index in [1.807, 2.05) is 97.1 Å². The molecule has 52 heavy (non-hydrogen) atoms. The highest BCUT2D eigenvalue weighted by Gasteiger charge is 2.82. The number of imide groups is 1. The summed E-state index contributed by atoms with van der Waals surface area (Å²) in [6.07, 6.45) is 0. The van der Waals surface area contributed by atoms with Crippen LogP contribution in [0.25, 0.3) is 11.1 Å². The highest BCUT2D eigenvalue weighted by atomic mass is 16.7. The van der Waals surface area contributed by atoms with Gasteiger partial charge >= 0.3 is 0 Å². The second kappa shape index (κ2) is 10.8. The quantitative estimate of drug-likeness (QED) is 0.146. The number of carbonyl (C=O) groups excluding carboxylic acids is 4. The Kier molecular flexibility index (Phi) is 6.28. The third kappa shape index (κ3) is 3.72. The molecule has 0 N–H and O–H groups in total. The SMILES string of the molecule is CC(=O)c1cccc(N2C(=O)[C@@H]3[C@@H](C2=O)[C@@]2(c4ccccc4)C(=O)[C@@]3(c3ccccc3)C(c3ccc4c(c3)OCO4)=C2c2ccc3c(c2)OCO3)c1. The van der Waals surface area contributed by atoms with Crippen LogP contribution >= 0.6 is 0 Å². The fourth-order valence-electron chi connectivity index (χ4n) is 9.35. The first-order chi connectivity index (χ1) is 25.4. The molecule has 4 atom stereocenters. The average Bonchev–Trinajstić information content (AvgIpc) is 3.98. The molecule has 254 valence electrons. The van der Waals surface area contributed by atoms with Crippen molar-refractivity contribution in [1.29, 1.82) is 0 Å². The molecule has 10 rings (SSSR count). The molecule has 1 saturated heterocycles. The van der Waals surface area contributed by atoms with E-state index in [-0.39, 0.29) is 30.8 Å². The number of nitrogens with zero attached hydrogens (tertiary/aromatic N) is 1. The molecule has 2 fully saturated rings. The van der Waals surface area contributed by atoms with Crippen molar-refractivity contribution in [1.82, 2.24) is 0 Å². The Bertz CT molecular complexity index is 2300. The van der Waals surface area contributed by atoms with E-state index in [1.165, 1.54) is 11.8 Å². The first kappa shape index (κ1) is 30.4. The van der Waals surface area contributed by atoms with E-state index >= 15 is 14.4 Å². The summed E-state index contributed by atoms with van der Waals surface area (Å²) in [4.78, 5) is 60.5. The van der Waals surface area contributed by atoms with E-state index in [0.29, 0.717) is 62.0 Å². The zero-order valence-corrected chi connectivity index (χ0v) is 27.8. The van der Waals surface area contributed by atoms with Gasteiger partial charge in [-0.05, 0) is 76.7 Å². The zero-order chi connectivity index (χ0) is 35.4. The molecule has 5 aromatic rings. The fraction of sp³-hybridized carbons (Fsp3) is 0.163. The smallest absolute Gasteiger partial charge is 0.239 e. The number of hydrogen-bond acceptors (Lipinski definition) is 8. The minimum Gasteiger partial charge on any atom is -0.454 e. The molecule has 0 radical (unpaired) electrons. The molecule has 3 heterocycles. The molecule has 2 bridgehead atoms. The van der Waals surface area contributed by atoms with Gasteiger partial charge in [0.15, 0.2) is 34.6 Å². The summed E-state index contributed by atoms with van der Waals surface area (Å²) in [6, 6.07) is 36.2. The number of amides is 2.